The fourth-order valence-electron chi connectivity index (χ4n) is 2.50. The minimum absolute atomic E-state index is 0.852. The highest BCUT2D eigenvalue weighted by atomic mass is 79.9. The number of unbranched alkanes of at least 4 members (excludes halogenated alkanes) is 9. The van der Waals surface area contributed by atoms with Crippen molar-refractivity contribution >= 4 is 15.9 Å². The highest BCUT2D eigenvalue weighted by molar-refractivity contribution is 9.09. The molecule has 0 saturated heterocycles. The van der Waals surface area contributed by atoms with Crippen LogP contribution >= 0.6 is 15.9 Å². The summed E-state index contributed by atoms with van der Waals surface area (Å²) in [6.45, 7) is 6.57. The monoisotopic (exact) mass is 349 g/mol. The van der Waals surface area contributed by atoms with Crippen LogP contribution in [0.25, 0.3) is 0 Å². The van der Waals surface area contributed by atoms with Crippen molar-refractivity contribution in [1.29, 1.82) is 0 Å². The summed E-state index contributed by atoms with van der Waals surface area (Å²) in [6, 6.07) is 0. The first-order valence-corrected chi connectivity index (χ1v) is 9.74. The Morgan fingerprint density at radius 2 is 1.30 bits per heavy atom. The zero-order valence-electron chi connectivity index (χ0n) is 13.8. The zero-order valence-corrected chi connectivity index (χ0v) is 15.4. The summed E-state index contributed by atoms with van der Waals surface area (Å²) in [4.78, 5) is 2.50. The van der Waals surface area contributed by atoms with E-state index < -0.39 is 0 Å². The number of alkyl halides is 1. The average Bonchev–Trinajstić information content (AvgIpc) is 2.46. The van der Waals surface area contributed by atoms with Crippen LogP contribution in [-0.2, 0) is 4.74 Å². The first-order chi connectivity index (χ1) is 9.85. The molecule has 0 spiro atoms. The fraction of sp³-hybridized carbons (Fsp3) is 1.00. The van der Waals surface area contributed by atoms with Gasteiger partial charge in [-0.2, -0.15) is 0 Å². The second kappa shape index (κ2) is 17.5. The van der Waals surface area contributed by atoms with E-state index in [1.807, 2.05) is 0 Å². The number of hydrogen-bond acceptors (Lipinski definition) is 2. The van der Waals surface area contributed by atoms with Gasteiger partial charge >= 0.3 is 0 Å². The highest BCUT2D eigenvalue weighted by Crippen LogP contribution is 2.10. The van der Waals surface area contributed by atoms with E-state index >= 15 is 0 Å². The summed E-state index contributed by atoms with van der Waals surface area (Å²) in [6.07, 6.45) is 14.1. The van der Waals surface area contributed by atoms with Gasteiger partial charge in [0.05, 0.1) is 6.61 Å². The Bertz CT molecular complexity index is 178. The Morgan fingerprint density at radius 1 is 0.750 bits per heavy atom. The summed E-state index contributed by atoms with van der Waals surface area (Å²) < 4.78 is 5.16. The Morgan fingerprint density at radius 3 is 1.80 bits per heavy atom. The molecule has 0 atom stereocenters. The molecule has 0 aliphatic rings. The molecular weight excluding hydrogens is 314 g/mol. The summed E-state index contributed by atoms with van der Waals surface area (Å²) in [5.74, 6) is 0. The molecule has 0 aromatic rings. The third kappa shape index (κ3) is 14.8. The molecule has 0 N–H and O–H groups in total. The molecule has 0 aliphatic heterocycles. The Balaban J connectivity index is 3.27. The lowest BCUT2D eigenvalue weighted by atomic mass is 10.1. The van der Waals surface area contributed by atoms with E-state index in [0.717, 1.165) is 25.0 Å². The largest absolute Gasteiger partial charge is 0.383 e. The summed E-state index contributed by atoms with van der Waals surface area (Å²) in [7, 11) is 1.78. The van der Waals surface area contributed by atoms with E-state index in [1.54, 1.807) is 7.11 Å². The second-order valence-electron chi connectivity index (χ2n) is 5.71. The molecule has 20 heavy (non-hydrogen) atoms. The molecule has 0 aromatic heterocycles. The van der Waals surface area contributed by atoms with Crippen molar-refractivity contribution in [2.45, 2.75) is 71.1 Å². The van der Waals surface area contributed by atoms with E-state index in [0.29, 0.717) is 0 Å². The number of methoxy groups -OCH3 is 1. The Kier molecular flexibility index (Phi) is 17.8. The van der Waals surface area contributed by atoms with Gasteiger partial charge in [-0.3, -0.25) is 0 Å². The molecule has 2 nitrogen and oxygen atoms in total. The number of rotatable bonds is 16. The molecule has 0 rings (SSSR count). The SMILES string of the molecule is CCCCCCCCCCCCN(CCBr)CCOC. The van der Waals surface area contributed by atoms with Crippen molar-refractivity contribution in [3.63, 3.8) is 0 Å². The van der Waals surface area contributed by atoms with Gasteiger partial charge in [0.25, 0.3) is 0 Å². The van der Waals surface area contributed by atoms with Gasteiger partial charge < -0.3 is 9.64 Å². The quantitative estimate of drug-likeness (QED) is 0.278. The predicted octanol–water partition coefficient (Wildman–Crippen LogP) is 5.25. The minimum atomic E-state index is 0.852. The Labute approximate surface area is 135 Å². The third-order valence-electron chi connectivity index (χ3n) is 3.84. The lowest BCUT2D eigenvalue weighted by Gasteiger charge is -2.20. The van der Waals surface area contributed by atoms with Crippen LogP contribution in [0.4, 0.5) is 0 Å². The van der Waals surface area contributed by atoms with E-state index in [1.165, 1.54) is 70.8 Å². The maximum absolute atomic E-state index is 5.16. The van der Waals surface area contributed by atoms with Crippen molar-refractivity contribution in [1.82, 2.24) is 4.90 Å². The van der Waals surface area contributed by atoms with Gasteiger partial charge in [0, 0.05) is 25.5 Å². The van der Waals surface area contributed by atoms with Gasteiger partial charge in [0.1, 0.15) is 0 Å². The molecule has 3 heteroatoms. The lowest BCUT2D eigenvalue weighted by Crippen LogP contribution is -2.30. The lowest BCUT2D eigenvalue weighted by molar-refractivity contribution is 0.150. The number of nitrogens with zero attached hydrogens (tertiary/aromatic N) is 1. The van der Waals surface area contributed by atoms with Gasteiger partial charge in [-0.1, -0.05) is 80.6 Å². The van der Waals surface area contributed by atoms with Crippen LogP contribution in [-0.4, -0.2) is 43.6 Å². The molecule has 0 aromatic carbocycles. The van der Waals surface area contributed by atoms with Crippen LogP contribution in [0.5, 0.6) is 0 Å². The molecule has 0 unspecified atom stereocenters. The summed E-state index contributed by atoms with van der Waals surface area (Å²) in [5.41, 5.74) is 0. The van der Waals surface area contributed by atoms with Gasteiger partial charge in [-0.15, -0.1) is 0 Å². The minimum Gasteiger partial charge on any atom is -0.383 e. The smallest absolute Gasteiger partial charge is 0.0589 e. The van der Waals surface area contributed by atoms with Crippen molar-refractivity contribution in [3.05, 3.63) is 0 Å². The first-order valence-electron chi connectivity index (χ1n) is 8.62. The molecule has 0 amide bonds. The van der Waals surface area contributed by atoms with Crippen LogP contribution in [0.15, 0.2) is 0 Å². The van der Waals surface area contributed by atoms with Crippen LogP contribution in [0.3, 0.4) is 0 Å². The van der Waals surface area contributed by atoms with Crippen molar-refractivity contribution < 1.29 is 4.74 Å². The maximum Gasteiger partial charge on any atom is 0.0589 e. The van der Waals surface area contributed by atoms with Gasteiger partial charge in [-0.25, -0.2) is 0 Å². The normalized spacial score (nSPS) is 11.4. The summed E-state index contributed by atoms with van der Waals surface area (Å²) in [5, 5.41) is 1.06. The topological polar surface area (TPSA) is 12.5 Å². The van der Waals surface area contributed by atoms with E-state index in [9.17, 15) is 0 Å². The van der Waals surface area contributed by atoms with E-state index in [-0.39, 0.29) is 0 Å². The number of halogens is 1. The first kappa shape index (κ1) is 20.4. The number of hydrogen-bond donors (Lipinski definition) is 0. The third-order valence-corrected chi connectivity index (χ3v) is 4.19. The molecule has 0 bridgehead atoms. The molecule has 0 aliphatic carbocycles. The molecule has 0 saturated carbocycles. The molecule has 0 radical (unpaired) electrons. The van der Waals surface area contributed by atoms with Crippen molar-refractivity contribution in [2.24, 2.45) is 0 Å². The average molecular weight is 350 g/mol. The van der Waals surface area contributed by atoms with E-state index in [4.69, 9.17) is 4.74 Å². The predicted molar refractivity (Wildman–Crippen MR) is 94.0 cm³/mol. The van der Waals surface area contributed by atoms with Crippen molar-refractivity contribution in [2.75, 3.05) is 38.7 Å². The van der Waals surface area contributed by atoms with E-state index in [2.05, 4.69) is 27.8 Å². The highest BCUT2D eigenvalue weighted by Gasteiger charge is 2.03. The zero-order chi connectivity index (χ0) is 14.9. The van der Waals surface area contributed by atoms with Gasteiger partial charge in [-0.05, 0) is 13.0 Å². The maximum atomic E-state index is 5.16. The van der Waals surface area contributed by atoms with Gasteiger partial charge in [0.15, 0.2) is 0 Å². The Hall–Kier alpha value is 0.400. The van der Waals surface area contributed by atoms with Crippen LogP contribution in [0.2, 0.25) is 0 Å². The standard InChI is InChI=1S/C17H36BrNO/c1-3-4-5-6-7-8-9-10-11-12-14-19(15-13-18)16-17-20-2/h3-17H2,1-2H3. The van der Waals surface area contributed by atoms with Crippen LogP contribution in [0.1, 0.15) is 71.1 Å². The van der Waals surface area contributed by atoms with Crippen LogP contribution in [0, 0.1) is 0 Å². The number of ether oxygens (including phenoxy) is 1. The molecular formula is C17H36BrNO. The molecule has 0 fully saturated rings. The summed E-state index contributed by atoms with van der Waals surface area (Å²) >= 11 is 3.53. The van der Waals surface area contributed by atoms with Gasteiger partial charge in [0.2, 0.25) is 0 Å². The second-order valence-corrected chi connectivity index (χ2v) is 6.50. The molecule has 122 valence electrons. The fourth-order valence-corrected chi connectivity index (χ4v) is 3.00. The van der Waals surface area contributed by atoms with Crippen LogP contribution < -0.4 is 0 Å². The molecule has 0 heterocycles. The van der Waals surface area contributed by atoms with Crippen molar-refractivity contribution in [3.8, 4) is 0 Å².